The van der Waals surface area contributed by atoms with Crippen LogP contribution in [0, 0.1) is 6.92 Å². The number of aryl methyl sites for hydroxylation is 1. The second-order valence-corrected chi connectivity index (χ2v) is 3.47. The van der Waals surface area contributed by atoms with Gasteiger partial charge in [0.15, 0.2) is 0 Å². The van der Waals surface area contributed by atoms with Crippen LogP contribution >= 0.6 is 15.9 Å². The van der Waals surface area contributed by atoms with Gasteiger partial charge in [0.25, 0.3) is 0 Å². The maximum absolute atomic E-state index is 12.8. The number of benzene rings is 1. The molecule has 5 heteroatoms. The van der Waals surface area contributed by atoms with Crippen molar-refractivity contribution >= 4 is 27.7 Å². The molecule has 0 bridgehead atoms. The zero-order valence-electron chi connectivity index (χ0n) is 6.79. The molecule has 1 aromatic carbocycles. The summed E-state index contributed by atoms with van der Waals surface area (Å²) in [5.74, 6) is 0. The Bertz CT molecular complexity index is 323. The molecule has 0 saturated carbocycles. The zero-order valence-corrected chi connectivity index (χ0v) is 8.38. The van der Waals surface area contributed by atoms with Crippen LogP contribution in [0.4, 0.5) is 15.0 Å². The van der Waals surface area contributed by atoms with Gasteiger partial charge in [-0.1, -0.05) is 20.4 Å². The maximum Gasteiger partial charge on any atom is 0.440 e. The Morgan fingerprint density at radius 2 is 2.15 bits per heavy atom. The largest absolute Gasteiger partial charge is 0.463 e. The molecule has 0 aromatic heterocycles. The molecule has 0 radical (unpaired) electrons. The van der Waals surface area contributed by atoms with Crippen LogP contribution in [0.1, 0.15) is 5.56 Å². The molecule has 0 aliphatic heterocycles. The molecule has 1 amide bonds. The fraction of sp³-hybridized carbons (Fsp3) is 0.125. The summed E-state index contributed by atoms with van der Waals surface area (Å²) in [5, 5.41) is 8.03. The summed E-state index contributed by atoms with van der Waals surface area (Å²) < 4.78 is 13.5. The van der Waals surface area contributed by atoms with Crippen molar-refractivity contribution < 1.29 is 14.4 Å². The van der Waals surface area contributed by atoms with Gasteiger partial charge in [0, 0.05) is 4.47 Å². The molecule has 0 aliphatic carbocycles. The van der Waals surface area contributed by atoms with E-state index in [0.29, 0.717) is 4.47 Å². The first-order valence-electron chi connectivity index (χ1n) is 3.47. The van der Waals surface area contributed by atoms with Crippen molar-refractivity contribution in [2.45, 2.75) is 6.92 Å². The van der Waals surface area contributed by atoms with Crippen LogP contribution < -0.4 is 5.12 Å². The number of rotatable bonds is 1. The van der Waals surface area contributed by atoms with Crippen molar-refractivity contribution in [3.05, 3.63) is 28.2 Å². The number of carbonyl (C=O) groups is 1. The number of hydrogen-bond acceptors (Lipinski definition) is 1. The Labute approximate surface area is 82.8 Å². The monoisotopic (exact) mass is 247 g/mol. The minimum atomic E-state index is -1.63. The second kappa shape index (κ2) is 3.74. The lowest BCUT2D eigenvalue weighted by molar-refractivity contribution is 0.186. The van der Waals surface area contributed by atoms with Gasteiger partial charge in [0.1, 0.15) is 0 Å². The molecule has 0 fully saturated rings. The first-order chi connectivity index (χ1) is 6.00. The number of amides is 1. The maximum atomic E-state index is 12.8. The van der Waals surface area contributed by atoms with Gasteiger partial charge in [0.05, 0.1) is 5.69 Å². The SMILES string of the molecule is Cc1cc(Br)cc(N(F)C(=O)O)c1. The number of carboxylic acid groups (broad SMARTS) is 1. The van der Waals surface area contributed by atoms with Crippen molar-refractivity contribution in [1.82, 2.24) is 0 Å². The summed E-state index contributed by atoms with van der Waals surface area (Å²) in [7, 11) is 0. The molecule has 1 N–H and O–H groups in total. The minimum Gasteiger partial charge on any atom is -0.463 e. The van der Waals surface area contributed by atoms with Gasteiger partial charge in [0.2, 0.25) is 0 Å². The molecule has 1 rings (SSSR count). The molecule has 70 valence electrons. The van der Waals surface area contributed by atoms with E-state index in [9.17, 15) is 9.28 Å². The smallest absolute Gasteiger partial charge is 0.440 e. The highest BCUT2D eigenvalue weighted by Gasteiger charge is 2.13. The minimum absolute atomic E-state index is 0.000579. The van der Waals surface area contributed by atoms with Gasteiger partial charge in [-0.25, -0.2) is 4.79 Å². The second-order valence-electron chi connectivity index (χ2n) is 2.55. The third kappa shape index (κ3) is 2.42. The molecule has 0 saturated heterocycles. The van der Waals surface area contributed by atoms with Crippen molar-refractivity contribution in [1.29, 1.82) is 0 Å². The van der Waals surface area contributed by atoms with Gasteiger partial charge < -0.3 is 5.11 Å². The average Bonchev–Trinajstić information content (AvgIpc) is 2.01. The topological polar surface area (TPSA) is 40.5 Å². The predicted octanol–water partition coefficient (Wildman–Crippen LogP) is 3.13. The molecule has 0 heterocycles. The van der Waals surface area contributed by atoms with E-state index in [1.54, 1.807) is 13.0 Å². The van der Waals surface area contributed by atoms with Crippen LogP contribution in [0.3, 0.4) is 0 Å². The molecule has 0 unspecified atom stereocenters. The lowest BCUT2D eigenvalue weighted by Crippen LogP contribution is -2.18. The lowest BCUT2D eigenvalue weighted by Gasteiger charge is -2.08. The Kier molecular flexibility index (Phi) is 2.87. The van der Waals surface area contributed by atoms with Crippen LogP contribution in [0.15, 0.2) is 22.7 Å². The first kappa shape index (κ1) is 9.98. The summed E-state index contributed by atoms with van der Waals surface area (Å²) in [6.07, 6.45) is -1.63. The van der Waals surface area contributed by atoms with E-state index in [2.05, 4.69) is 15.9 Å². The first-order valence-corrected chi connectivity index (χ1v) is 4.26. The molecule has 0 spiro atoms. The van der Waals surface area contributed by atoms with Crippen molar-refractivity contribution in [2.75, 3.05) is 5.12 Å². The standard InChI is InChI=1S/C8H7BrFNO2/c1-5-2-6(9)4-7(3-5)11(10)8(12)13/h2-4H,1H3,(H,12,13). The van der Waals surface area contributed by atoms with E-state index in [4.69, 9.17) is 5.11 Å². The highest BCUT2D eigenvalue weighted by atomic mass is 79.9. The Hall–Kier alpha value is -1.10. The van der Waals surface area contributed by atoms with E-state index in [1.807, 2.05) is 0 Å². The van der Waals surface area contributed by atoms with Crippen molar-refractivity contribution in [3.8, 4) is 0 Å². The van der Waals surface area contributed by atoms with Gasteiger partial charge in [-0.15, -0.1) is 5.12 Å². The fourth-order valence-electron chi connectivity index (χ4n) is 0.941. The van der Waals surface area contributed by atoms with E-state index in [0.717, 1.165) is 5.56 Å². The summed E-state index contributed by atoms with van der Waals surface area (Å²) >= 11 is 3.14. The van der Waals surface area contributed by atoms with E-state index < -0.39 is 6.09 Å². The van der Waals surface area contributed by atoms with Crippen molar-refractivity contribution in [3.63, 3.8) is 0 Å². The van der Waals surface area contributed by atoms with Crippen molar-refractivity contribution in [2.24, 2.45) is 0 Å². The number of nitrogens with zero attached hydrogens (tertiary/aromatic N) is 1. The number of anilines is 1. The molecule has 0 aliphatic rings. The Balaban J connectivity index is 3.07. The highest BCUT2D eigenvalue weighted by molar-refractivity contribution is 9.10. The Morgan fingerprint density at radius 1 is 1.54 bits per heavy atom. The molecule has 13 heavy (non-hydrogen) atoms. The molecule has 3 nitrogen and oxygen atoms in total. The summed E-state index contributed by atoms with van der Waals surface area (Å²) in [6, 6.07) is 4.60. The van der Waals surface area contributed by atoms with Gasteiger partial charge in [-0.05, 0) is 30.7 Å². The van der Waals surface area contributed by atoms with Gasteiger partial charge in [-0.3, -0.25) is 0 Å². The van der Waals surface area contributed by atoms with Crippen LogP contribution in [0.25, 0.3) is 0 Å². The fourth-order valence-corrected chi connectivity index (χ4v) is 1.54. The predicted molar refractivity (Wildman–Crippen MR) is 50.5 cm³/mol. The third-order valence-electron chi connectivity index (χ3n) is 1.42. The van der Waals surface area contributed by atoms with E-state index in [1.165, 1.54) is 12.1 Å². The van der Waals surface area contributed by atoms with Crippen LogP contribution in [-0.4, -0.2) is 11.2 Å². The normalized spacial score (nSPS) is 9.77. The molecule has 0 atom stereocenters. The highest BCUT2D eigenvalue weighted by Crippen LogP contribution is 2.22. The van der Waals surface area contributed by atoms with Crippen LogP contribution in [-0.2, 0) is 0 Å². The summed E-state index contributed by atoms with van der Waals surface area (Å²) in [5.41, 5.74) is 0.785. The average molecular weight is 248 g/mol. The van der Waals surface area contributed by atoms with Crippen LogP contribution in [0.2, 0.25) is 0 Å². The van der Waals surface area contributed by atoms with Gasteiger partial charge >= 0.3 is 6.09 Å². The van der Waals surface area contributed by atoms with Crippen LogP contribution in [0.5, 0.6) is 0 Å². The summed E-state index contributed by atoms with van der Waals surface area (Å²) in [6.45, 7) is 1.75. The van der Waals surface area contributed by atoms with E-state index in [-0.39, 0.29) is 10.8 Å². The third-order valence-corrected chi connectivity index (χ3v) is 1.88. The molecular weight excluding hydrogens is 241 g/mol. The van der Waals surface area contributed by atoms with Gasteiger partial charge in [-0.2, -0.15) is 0 Å². The van der Waals surface area contributed by atoms with E-state index >= 15 is 0 Å². The number of halogens is 2. The zero-order chi connectivity index (χ0) is 10.0. The lowest BCUT2D eigenvalue weighted by atomic mass is 10.2. The number of hydrogen-bond donors (Lipinski definition) is 1. The molecule has 1 aromatic rings. The Morgan fingerprint density at radius 3 is 2.62 bits per heavy atom. The quantitative estimate of drug-likeness (QED) is 0.775. The summed E-state index contributed by atoms with van der Waals surface area (Å²) in [4.78, 5) is 10.3. The molecular formula is C8H7BrFNO2.